The van der Waals surface area contributed by atoms with Gasteiger partial charge in [0.05, 0.1) is 29.5 Å². The lowest BCUT2D eigenvalue weighted by Crippen LogP contribution is -2.78. The van der Waals surface area contributed by atoms with E-state index in [1.165, 1.54) is 23.4 Å². The van der Waals surface area contributed by atoms with Gasteiger partial charge in [-0.3, -0.25) is 4.99 Å². The first-order chi connectivity index (χ1) is 11.2. The molecule has 0 aromatic heterocycles. The number of benzene rings is 1. The molecule has 7 rings (SSSR count). The summed E-state index contributed by atoms with van der Waals surface area (Å²) < 4.78 is 6.32. The van der Waals surface area contributed by atoms with E-state index in [1.54, 1.807) is 0 Å². The summed E-state index contributed by atoms with van der Waals surface area (Å²) in [4.78, 5) is 7.70. The Labute approximate surface area is 137 Å². The maximum atomic E-state index is 6.32. The zero-order chi connectivity index (χ0) is 15.4. The maximum Gasteiger partial charge on any atom is 0.0968 e. The smallest absolute Gasteiger partial charge is 0.0968 e. The number of hydrogen-bond donors (Lipinski definition) is 0. The molecular weight excluding hydrogens is 284 g/mol. The Morgan fingerprint density at radius 1 is 1.39 bits per heavy atom. The summed E-state index contributed by atoms with van der Waals surface area (Å²) >= 11 is 0. The molecule has 0 N–H and O–H groups in total. The molecule has 3 nitrogen and oxygen atoms in total. The average molecular weight is 306 g/mol. The van der Waals surface area contributed by atoms with Crippen LogP contribution in [0.2, 0.25) is 0 Å². The first-order valence-electron chi connectivity index (χ1n) is 8.85. The molecule has 1 spiro atoms. The minimum absolute atomic E-state index is 0.0347. The van der Waals surface area contributed by atoms with Gasteiger partial charge in [0.15, 0.2) is 0 Å². The van der Waals surface area contributed by atoms with Crippen LogP contribution in [0.5, 0.6) is 0 Å². The van der Waals surface area contributed by atoms with Crippen molar-refractivity contribution in [3.63, 3.8) is 0 Å². The molecule has 2 saturated carbocycles. The van der Waals surface area contributed by atoms with Crippen molar-refractivity contribution in [2.24, 2.45) is 22.2 Å². The number of rotatable bonds is 1. The van der Waals surface area contributed by atoms with Crippen LogP contribution in [-0.2, 0) is 10.2 Å². The van der Waals surface area contributed by atoms with Crippen LogP contribution >= 0.6 is 0 Å². The standard InChI is InChI=1S/C20H22N2O/c1-3-19-11-22(2)16-9-20(19)13-6-4-5-7-15(13)21-18(20)17-8-14(19)12(16)10-23-17/h3-7,12,14,16-17H,1,8-11H2,2H3/t12?,14?,16?,17?,19-,20+/m0/s1. The third-order valence-electron chi connectivity index (χ3n) is 7.73. The van der Waals surface area contributed by atoms with Crippen molar-refractivity contribution in [1.82, 2.24) is 4.90 Å². The lowest BCUT2D eigenvalue weighted by Gasteiger charge is -2.72. The molecule has 118 valence electrons. The number of fused-ring (bicyclic) bond motifs is 4. The van der Waals surface area contributed by atoms with Crippen LogP contribution in [0.4, 0.5) is 5.69 Å². The fourth-order valence-corrected chi connectivity index (χ4v) is 6.95. The molecule has 6 aliphatic rings. The largest absolute Gasteiger partial charge is 0.372 e. The maximum absolute atomic E-state index is 6.32. The quantitative estimate of drug-likeness (QED) is 0.745. The van der Waals surface area contributed by atoms with Crippen molar-refractivity contribution in [2.75, 3.05) is 20.2 Å². The van der Waals surface area contributed by atoms with Gasteiger partial charge in [-0.1, -0.05) is 24.3 Å². The first-order valence-corrected chi connectivity index (χ1v) is 8.85. The second kappa shape index (κ2) is 3.79. The van der Waals surface area contributed by atoms with Gasteiger partial charge in [0.1, 0.15) is 0 Å². The van der Waals surface area contributed by atoms with E-state index < -0.39 is 0 Å². The van der Waals surface area contributed by atoms with E-state index in [4.69, 9.17) is 9.73 Å². The molecule has 0 amide bonds. The number of ether oxygens (including phenoxy) is 1. The molecule has 1 aromatic carbocycles. The molecule has 3 heteroatoms. The van der Waals surface area contributed by atoms with Gasteiger partial charge >= 0.3 is 0 Å². The summed E-state index contributed by atoms with van der Waals surface area (Å²) in [5.74, 6) is 1.35. The molecule has 2 aliphatic carbocycles. The van der Waals surface area contributed by atoms with Crippen molar-refractivity contribution in [2.45, 2.75) is 30.4 Å². The summed E-state index contributed by atoms with van der Waals surface area (Å²) in [5.41, 5.74) is 4.07. The van der Waals surface area contributed by atoms with Gasteiger partial charge in [-0.05, 0) is 37.4 Å². The number of hydrogen-bond acceptors (Lipinski definition) is 3. The van der Waals surface area contributed by atoms with Gasteiger partial charge in [-0.15, -0.1) is 6.58 Å². The third-order valence-corrected chi connectivity index (χ3v) is 7.73. The molecule has 4 heterocycles. The predicted octanol–water partition coefficient (Wildman–Crippen LogP) is 2.94. The van der Waals surface area contributed by atoms with Gasteiger partial charge in [0.2, 0.25) is 0 Å². The molecule has 0 radical (unpaired) electrons. The Morgan fingerprint density at radius 2 is 2.26 bits per heavy atom. The minimum atomic E-state index is 0.0347. The van der Waals surface area contributed by atoms with Gasteiger partial charge in [0, 0.05) is 23.9 Å². The van der Waals surface area contributed by atoms with Crippen LogP contribution < -0.4 is 0 Å². The second-order valence-corrected chi connectivity index (χ2v) is 8.18. The third kappa shape index (κ3) is 1.15. The minimum Gasteiger partial charge on any atom is -0.372 e. The van der Waals surface area contributed by atoms with Gasteiger partial charge in [0.25, 0.3) is 0 Å². The highest BCUT2D eigenvalue weighted by atomic mass is 16.5. The monoisotopic (exact) mass is 306 g/mol. The van der Waals surface area contributed by atoms with Crippen LogP contribution in [0.1, 0.15) is 18.4 Å². The van der Waals surface area contributed by atoms with Crippen molar-refractivity contribution < 1.29 is 4.74 Å². The van der Waals surface area contributed by atoms with E-state index in [-0.39, 0.29) is 16.9 Å². The van der Waals surface area contributed by atoms with Crippen molar-refractivity contribution in [3.05, 3.63) is 42.5 Å². The lowest BCUT2D eigenvalue weighted by molar-refractivity contribution is -0.190. The van der Waals surface area contributed by atoms with E-state index in [9.17, 15) is 0 Å². The van der Waals surface area contributed by atoms with Crippen molar-refractivity contribution in [3.8, 4) is 0 Å². The zero-order valence-corrected chi connectivity index (χ0v) is 13.5. The van der Waals surface area contributed by atoms with Gasteiger partial charge < -0.3 is 9.64 Å². The second-order valence-electron chi connectivity index (χ2n) is 8.18. The SMILES string of the molecule is C=C[C@@]12CN(C)C3C[C@@]14C(=Nc1ccccc14)C1CC2C3CO1. The predicted molar refractivity (Wildman–Crippen MR) is 90.2 cm³/mol. The molecule has 3 saturated heterocycles. The summed E-state index contributed by atoms with van der Waals surface area (Å²) in [6.07, 6.45) is 4.85. The highest BCUT2D eigenvalue weighted by Crippen LogP contribution is 2.70. The Morgan fingerprint density at radius 3 is 3.13 bits per heavy atom. The van der Waals surface area contributed by atoms with E-state index >= 15 is 0 Å². The highest BCUT2D eigenvalue weighted by Gasteiger charge is 2.74. The topological polar surface area (TPSA) is 24.8 Å². The van der Waals surface area contributed by atoms with Crippen molar-refractivity contribution >= 4 is 11.4 Å². The highest BCUT2D eigenvalue weighted by molar-refractivity contribution is 6.07. The summed E-state index contributed by atoms with van der Waals surface area (Å²) in [6.45, 7) is 6.37. The van der Waals surface area contributed by atoms with E-state index in [1.807, 2.05) is 0 Å². The molecule has 5 fully saturated rings. The van der Waals surface area contributed by atoms with E-state index in [0.29, 0.717) is 17.9 Å². The Kier molecular flexibility index (Phi) is 2.12. The molecule has 6 atom stereocenters. The Balaban J connectivity index is 1.72. The van der Waals surface area contributed by atoms with Gasteiger partial charge in [-0.2, -0.15) is 0 Å². The Hall–Kier alpha value is -1.45. The molecule has 1 aromatic rings. The molecular formula is C20H22N2O. The molecule has 5 bridgehead atoms. The summed E-state index contributed by atoms with van der Waals surface area (Å²) in [5, 5.41) is 0. The molecule has 4 unspecified atom stereocenters. The molecule has 23 heavy (non-hydrogen) atoms. The van der Waals surface area contributed by atoms with Crippen LogP contribution in [0, 0.1) is 17.3 Å². The number of para-hydroxylation sites is 1. The number of nitrogens with zero attached hydrogens (tertiary/aromatic N) is 2. The Bertz CT molecular complexity index is 771. The van der Waals surface area contributed by atoms with Crippen LogP contribution in [0.25, 0.3) is 0 Å². The fraction of sp³-hybridized carbons (Fsp3) is 0.550. The van der Waals surface area contributed by atoms with Crippen LogP contribution in [0.3, 0.4) is 0 Å². The van der Waals surface area contributed by atoms with Crippen LogP contribution in [-0.4, -0.2) is 43.0 Å². The lowest BCUT2D eigenvalue weighted by atomic mass is 9.38. The zero-order valence-electron chi connectivity index (χ0n) is 13.5. The fourth-order valence-electron chi connectivity index (χ4n) is 6.95. The van der Waals surface area contributed by atoms with E-state index in [2.05, 4.69) is 48.9 Å². The summed E-state index contributed by atoms with van der Waals surface area (Å²) in [6, 6.07) is 9.39. The van der Waals surface area contributed by atoms with Crippen molar-refractivity contribution in [1.29, 1.82) is 0 Å². The van der Waals surface area contributed by atoms with E-state index in [0.717, 1.165) is 19.6 Å². The van der Waals surface area contributed by atoms with Gasteiger partial charge in [-0.25, -0.2) is 0 Å². The molecule has 4 aliphatic heterocycles. The number of piperidine rings is 2. The number of aliphatic imine (C=N–C) groups is 1. The first kappa shape index (κ1) is 12.9. The summed E-state index contributed by atoms with van der Waals surface area (Å²) in [7, 11) is 2.29. The average Bonchev–Trinajstić information content (AvgIpc) is 2.90. The normalized spacial score (nSPS) is 48.8. The van der Waals surface area contributed by atoms with Crippen LogP contribution in [0.15, 0.2) is 41.9 Å².